The summed E-state index contributed by atoms with van der Waals surface area (Å²) in [5.41, 5.74) is 1.04. The van der Waals surface area contributed by atoms with Crippen LogP contribution in [0.25, 0.3) is 0 Å². The molecule has 21 heavy (non-hydrogen) atoms. The molecule has 0 saturated heterocycles. The summed E-state index contributed by atoms with van der Waals surface area (Å²) < 4.78 is 10.0. The van der Waals surface area contributed by atoms with Gasteiger partial charge >= 0.3 is 5.97 Å². The van der Waals surface area contributed by atoms with E-state index in [0.29, 0.717) is 12.3 Å². The average molecular weight is 290 g/mol. The van der Waals surface area contributed by atoms with E-state index in [0.717, 1.165) is 12.0 Å². The maximum absolute atomic E-state index is 11.8. The maximum atomic E-state index is 11.8. The SMILES string of the molecule is CCC(C)C(NCc1ccc(OCC#N)cc1)C(=O)OC. The maximum Gasteiger partial charge on any atom is 0.323 e. The fourth-order valence-corrected chi connectivity index (χ4v) is 1.93. The predicted octanol–water partition coefficient (Wildman–Crippen LogP) is 2.27. The van der Waals surface area contributed by atoms with Gasteiger partial charge in [-0.15, -0.1) is 0 Å². The Morgan fingerprint density at radius 1 is 1.38 bits per heavy atom. The van der Waals surface area contributed by atoms with Crippen molar-refractivity contribution in [2.24, 2.45) is 5.92 Å². The number of carbonyl (C=O) groups excluding carboxylic acids is 1. The average Bonchev–Trinajstić information content (AvgIpc) is 2.53. The Morgan fingerprint density at radius 2 is 2.05 bits per heavy atom. The van der Waals surface area contributed by atoms with Crippen LogP contribution in [0.3, 0.4) is 0 Å². The van der Waals surface area contributed by atoms with Gasteiger partial charge in [0.1, 0.15) is 17.9 Å². The van der Waals surface area contributed by atoms with Crippen LogP contribution in [0, 0.1) is 17.2 Å². The molecule has 0 aromatic heterocycles. The van der Waals surface area contributed by atoms with Crippen LogP contribution in [0.5, 0.6) is 5.75 Å². The Labute approximate surface area is 125 Å². The van der Waals surface area contributed by atoms with Crippen LogP contribution in [-0.2, 0) is 16.1 Å². The molecule has 0 spiro atoms. The lowest BCUT2D eigenvalue weighted by molar-refractivity contribution is -0.144. The smallest absolute Gasteiger partial charge is 0.323 e. The Morgan fingerprint density at radius 3 is 2.57 bits per heavy atom. The van der Waals surface area contributed by atoms with Crippen LogP contribution in [-0.4, -0.2) is 25.7 Å². The van der Waals surface area contributed by atoms with E-state index in [1.165, 1.54) is 7.11 Å². The molecule has 0 heterocycles. The van der Waals surface area contributed by atoms with Gasteiger partial charge in [-0.3, -0.25) is 4.79 Å². The van der Waals surface area contributed by atoms with Crippen LogP contribution in [0.1, 0.15) is 25.8 Å². The second-order valence-electron chi connectivity index (χ2n) is 4.86. The van der Waals surface area contributed by atoms with E-state index < -0.39 is 0 Å². The van der Waals surface area contributed by atoms with E-state index in [4.69, 9.17) is 14.7 Å². The first-order valence-electron chi connectivity index (χ1n) is 7.02. The lowest BCUT2D eigenvalue weighted by Gasteiger charge is -2.22. The molecule has 0 amide bonds. The van der Waals surface area contributed by atoms with Crippen LogP contribution >= 0.6 is 0 Å². The topological polar surface area (TPSA) is 71.3 Å². The summed E-state index contributed by atoms with van der Waals surface area (Å²) in [6.07, 6.45) is 0.897. The summed E-state index contributed by atoms with van der Waals surface area (Å²) in [5, 5.41) is 11.7. The molecule has 1 aromatic rings. The van der Waals surface area contributed by atoms with E-state index in [-0.39, 0.29) is 24.5 Å². The number of esters is 1. The van der Waals surface area contributed by atoms with Gasteiger partial charge in [0.2, 0.25) is 0 Å². The van der Waals surface area contributed by atoms with Gasteiger partial charge < -0.3 is 14.8 Å². The van der Waals surface area contributed by atoms with Crippen molar-refractivity contribution < 1.29 is 14.3 Å². The second kappa shape index (κ2) is 8.98. The molecule has 0 aliphatic carbocycles. The molecule has 5 heteroatoms. The normalized spacial score (nSPS) is 13.0. The minimum atomic E-state index is -0.311. The Bertz CT molecular complexity index is 479. The van der Waals surface area contributed by atoms with Crippen molar-refractivity contribution in [3.63, 3.8) is 0 Å². The third-order valence-corrected chi connectivity index (χ3v) is 3.42. The van der Waals surface area contributed by atoms with Crippen molar-refractivity contribution in [1.29, 1.82) is 5.26 Å². The molecule has 0 aliphatic heterocycles. The van der Waals surface area contributed by atoms with Gasteiger partial charge in [-0.1, -0.05) is 32.4 Å². The number of hydrogen-bond donors (Lipinski definition) is 1. The fraction of sp³-hybridized carbons (Fsp3) is 0.500. The van der Waals surface area contributed by atoms with Gasteiger partial charge in [0.15, 0.2) is 6.61 Å². The summed E-state index contributed by atoms with van der Waals surface area (Å²) in [7, 11) is 1.40. The lowest BCUT2D eigenvalue weighted by atomic mass is 9.99. The molecule has 0 saturated carbocycles. The van der Waals surface area contributed by atoms with E-state index >= 15 is 0 Å². The number of benzene rings is 1. The molecule has 0 aliphatic rings. The van der Waals surface area contributed by atoms with E-state index in [1.807, 2.05) is 44.2 Å². The van der Waals surface area contributed by atoms with Crippen molar-refractivity contribution in [1.82, 2.24) is 5.32 Å². The van der Waals surface area contributed by atoms with Crippen LogP contribution < -0.4 is 10.1 Å². The first-order chi connectivity index (χ1) is 10.1. The summed E-state index contributed by atoms with van der Waals surface area (Å²) in [6, 6.07) is 9.05. The molecule has 0 radical (unpaired) electrons. The van der Waals surface area contributed by atoms with Crippen molar-refractivity contribution in [3.05, 3.63) is 29.8 Å². The monoisotopic (exact) mass is 290 g/mol. The van der Waals surface area contributed by atoms with Gasteiger partial charge in [0.05, 0.1) is 7.11 Å². The third kappa shape index (κ3) is 5.44. The highest BCUT2D eigenvalue weighted by Crippen LogP contribution is 2.14. The molecule has 0 fully saturated rings. The number of nitrogens with zero attached hydrogens (tertiary/aromatic N) is 1. The molecule has 1 rings (SSSR count). The van der Waals surface area contributed by atoms with Crippen LogP contribution in [0.15, 0.2) is 24.3 Å². The highest BCUT2D eigenvalue weighted by Gasteiger charge is 2.23. The molecule has 5 nitrogen and oxygen atoms in total. The Hall–Kier alpha value is -2.06. The summed E-state index contributed by atoms with van der Waals surface area (Å²) >= 11 is 0. The number of methoxy groups -OCH3 is 1. The molecule has 114 valence electrons. The van der Waals surface area contributed by atoms with Crippen molar-refractivity contribution >= 4 is 5.97 Å². The van der Waals surface area contributed by atoms with Crippen molar-refractivity contribution in [2.45, 2.75) is 32.9 Å². The van der Waals surface area contributed by atoms with Crippen LogP contribution in [0.4, 0.5) is 0 Å². The summed E-state index contributed by atoms with van der Waals surface area (Å²) in [6.45, 7) is 4.68. The lowest BCUT2D eigenvalue weighted by Crippen LogP contribution is -2.42. The minimum Gasteiger partial charge on any atom is -0.479 e. The molecular weight excluding hydrogens is 268 g/mol. The molecule has 1 aromatic carbocycles. The largest absolute Gasteiger partial charge is 0.479 e. The third-order valence-electron chi connectivity index (χ3n) is 3.42. The number of ether oxygens (including phenoxy) is 2. The fourth-order valence-electron chi connectivity index (χ4n) is 1.93. The van der Waals surface area contributed by atoms with Crippen molar-refractivity contribution in [2.75, 3.05) is 13.7 Å². The quantitative estimate of drug-likeness (QED) is 0.744. The summed E-state index contributed by atoms with van der Waals surface area (Å²) in [4.78, 5) is 11.8. The van der Waals surface area contributed by atoms with E-state index in [1.54, 1.807) is 0 Å². The zero-order valence-corrected chi connectivity index (χ0v) is 12.8. The van der Waals surface area contributed by atoms with Gasteiger partial charge in [-0.2, -0.15) is 5.26 Å². The molecule has 0 bridgehead atoms. The predicted molar refractivity (Wildman–Crippen MR) is 79.6 cm³/mol. The van der Waals surface area contributed by atoms with Crippen molar-refractivity contribution in [3.8, 4) is 11.8 Å². The van der Waals surface area contributed by atoms with Gasteiger partial charge in [0, 0.05) is 6.54 Å². The second-order valence-corrected chi connectivity index (χ2v) is 4.86. The standard InChI is InChI=1S/C16H22N2O3/c1-4-12(2)15(16(19)20-3)18-11-13-5-7-14(8-6-13)21-10-9-17/h5-8,12,15,18H,4,10-11H2,1-3H3. The molecule has 2 unspecified atom stereocenters. The van der Waals surface area contributed by atoms with Gasteiger partial charge in [-0.05, 0) is 23.6 Å². The molecule has 1 N–H and O–H groups in total. The van der Waals surface area contributed by atoms with E-state index in [2.05, 4.69) is 5.32 Å². The molecule has 2 atom stereocenters. The summed E-state index contributed by atoms with van der Waals surface area (Å²) in [5.74, 6) is 0.626. The number of nitriles is 1. The Balaban J connectivity index is 2.59. The molecular formula is C16H22N2O3. The highest BCUT2D eigenvalue weighted by molar-refractivity contribution is 5.75. The van der Waals surface area contributed by atoms with Crippen LogP contribution in [0.2, 0.25) is 0 Å². The zero-order chi connectivity index (χ0) is 15.7. The Kier molecular flexibility index (Phi) is 7.27. The zero-order valence-electron chi connectivity index (χ0n) is 12.8. The minimum absolute atomic E-state index is 0.0377. The number of carbonyl (C=O) groups is 1. The van der Waals surface area contributed by atoms with Gasteiger partial charge in [-0.25, -0.2) is 0 Å². The van der Waals surface area contributed by atoms with E-state index in [9.17, 15) is 4.79 Å². The van der Waals surface area contributed by atoms with Gasteiger partial charge in [0.25, 0.3) is 0 Å². The number of nitrogens with one attached hydrogen (secondary N) is 1. The number of rotatable bonds is 8. The highest BCUT2D eigenvalue weighted by atomic mass is 16.5. The first-order valence-corrected chi connectivity index (χ1v) is 7.02. The number of hydrogen-bond acceptors (Lipinski definition) is 5. The first kappa shape index (κ1) is 17.0.